The molecule has 0 spiro atoms. The average Bonchev–Trinajstić information content (AvgIpc) is 2.29. The zero-order chi connectivity index (χ0) is 12.5. The van der Waals surface area contributed by atoms with E-state index in [4.69, 9.17) is 2.74 Å². The lowest BCUT2D eigenvalue weighted by Crippen LogP contribution is -1.88. The van der Waals surface area contributed by atoms with Crippen LogP contribution in [0.4, 0.5) is 0 Å². The number of nitrogens with zero attached hydrogens (tertiary/aromatic N) is 1. The normalized spacial score (nSPS) is 13.2. The molecule has 0 saturated heterocycles. The summed E-state index contributed by atoms with van der Waals surface area (Å²) in [5.41, 5.74) is 3.76. The molecular weight excluding hydrogens is 182 g/mol. The molecular formula is C14H15N. The number of benzene rings is 1. The van der Waals surface area contributed by atoms with E-state index in [-0.39, 0.29) is 0 Å². The van der Waals surface area contributed by atoms with Crippen molar-refractivity contribution in [1.29, 1.82) is 0 Å². The van der Waals surface area contributed by atoms with Crippen LogP contribution in [0.1, 0.15) is 20.8 Å². The van der Waals surface area contributed by atoms with Gasteiger partial charge in [-0.05, 0) is 30.5 Å². The maximum absolute atomic E-state index is 7.62. The van der Waals surface area contributed by atoms with Crippen molar-refractivity contribution in [2.45, 2.75) is 20.2 Å². The van der Waals surface area contributed by atoms with E-state index >= 15 is 0 Å². The number of rotatable bonds is 2. The maximum atomic E-state index is 7.62. The van der Waals surface area contributed by atoms with E-state index in [0.717, 1.165) is 11.3 Å². The van der Waals surface area contributed by atoms with Gasteiger partial charge in [0.1, 0.15) is 0 Å². The van der Waals surface area contributed by atoms with Gasteiger partial charge in [-0.2, -0.15) is 0 Å². The number of hydrogen-bond donors (Lipinski definition) is 0. The Kier molecular flexibility index (Phi) is 2.17. The number of aromatic nitrogens is 1. The first kappa shape index (κ1) is 7.63. The molecule has 0 atom stereocenters. The van der Waals surface area contributed by atoms with Crippen LogP contribution in [0.5, 0.6) is 0 Å². The fraction of sp³-hybridized carbons (Fsp3) is 0.214. The van der Waals surface area contributed by atoms with Crippen LogP contribution in [-0.2, 0) is 6.37 Å². The Bertz CT molecular complexity index is 512. The summed E-state index contributed by atoms with van der Waals surface area (Å²) in [5.74, 6) is 0. The molecule has 0 N–H and O–H groups in total. The Labute approximate surface area is 93.6 Å². The summed E-state index contributed by atoms with van der Waals surface area (Å²) in [7, 11) is 0. The molecule has 1 heteroatoms. The summed E-state index contributed by atoms with van der Waals surface area (Å²) < 4.78 is 15.2. The van der Waals surface area contributed by atoms with Crippen LogP contribution < -0.4 is 0 Å². The maximum Gasteiger partial charge on any atom is 0.0704 e. The Morgan fingerprint density at radius 2 is 2.00 bits per heavy atom. The molecule has 0 saturated carbocycles. The first-order chi connectivity index (χ1) is 7.98. The van der Waals surface area contributed by atoms with E-state index in [9.17, 15) is 0 Å². The molecule has 1 heterocycles. The first-order valence-electron chi connectivity index (χ1n) is 6.01. The second-order valence-corrected chi connectivity index (χ2v) is 3.50. The van der Waals surface area contributed by atoms with Gasteiger partial charge in [-0.1, -0.05) is 37.3 Å². The van der Waals surface area contributed by atoms with Crippen LogP contribution in [-0.4, -0.2) is 4.98 Å². The molecule has 2 aromatic rings. The molecule has 0 amide bonds. The van der Waals surface area contributed by atoms with Crippen molar-refractivity contribution in [2.75, 3.05) is 0 Å². The largest absolute Gasteiger partial charge is 0.256 e. The third kappa shape index (κ3) is 2.07. The Morgan fingerprint density at radius 1 is 1.20 bits per heavy atom. The van der Waals surface area contributed by atoms with Gasteiger partial charge in [0.25, 0.3) is 0 Å². The van der Waals surface area contributed by atoms with Crippen molar-refractivity contribution in [3.63, 3.8) is 0 Å². The third-order valence-electron chi connectivity index (χ3n) is 2.47. The molecule has 1 nitrogen and oxygen atoms in total. The average molecular weight is 199 g/mol. The van der Waals surface area contributed by atoms with Crippen molar-refractivity contribution in [3.05, 3.63) is 53.7 Å². The second kappa shape index (κ2) is 4.26. The molecule has 0 aliphatic carbocycles. The van der Waals surface area contributed by atoms with Gasteiger partial charge in [0, 0.05) is 14.5 Å². The van der Waals surface area contributed by atoms with Gasteiger partial charge in [-0.3, -0.25) is 4.98 Å². The summed E-state index contributed by atoms with van der Waals surface area (Å²) in [4.78, 5) is 4.34. The molecule has 76 valence electrons. The lowest BCUT2D eigenvalue weighted by atomic mass is 10.0. The van der Waals surface area contributed by atoms with Crippen LogP contribution in [0.25, 0.3) is 11.3 Å². The lowest BCUT2D eigenvalue weighted by Gasteiger charge is -2.05. The zero-order valence-corrected chi connectivity index (χ0v) is 8.99. The van der Waals surface area contributed by atoms with Crippen LogP contribution in [0.3, 0.4) is 0 Å². The van der Waals surface area contributed by atoms with Gasteiger partial charge in [-0.15, -0.1) is 0 Å². The molecule has 1 aromatic heterocycles. The monoisotopic (exact) mass is 199 g/mol. The van der Waals surface area contributed by atoms with Crippen LogP contribution >= 0.6 is 0 Å². The highest BCUT2D eigenvalue weighted by molar-refractivity contribution is 5.63. The van der Waals surface area contributed by atoms with Crippen molar-refractivity contribution in [2.24, 2.45) is 0 Å². The molecule has 0 radical (unpaired) electrons. The molecule has 0 fully saturated rings. The SMILES string of the molecule is [2H]C([2H])(C)c1ccc(-c2ccccc2C)nc1. The highest BCUT2D eigenvalue weighted by Gasteiger charge is 2.01. The predicted molar refractivity (Wildman–Crippen MR) is 63.8 cm³/mol. The standard InChI is InChI=1S/C14H15N/c1-3-12-8-9-14(15-10-12)13-7-5-4-6-11(13)2/h4-10H,3H2,1-2H3/i3D2. The molecule has 2 rings (SSSR count). The highest BCUT2D eigenvalue weighted by atomic mass is 14.7. The topological polar surface area (TPSA) is 12.9 Å². The van der Waals surface area contributed by atoms with E-state index in [0.29, 0.717) is 5.56 Å². The summed E-state index contributed by atoms with van der Waals surface area (Å²) in [6, 6.07) is 11.7. The first-order valence-corrected chi connectivity index (χ1v) is 5.01. The van der Waals surface area contributed by atoms with Gasteiger partial charge in [0.05, 0.1) is 5.69 Å². The van der Waals surface area contributed by atoms with Crippen LogP contribution in [0, 0.1) is 6.92 Å². The van der Waals surface area contributed by atoms with Crippen molar-refractivity contribution < 1.29 is 2.74 Å². The zero-order valence-electron chi connectivity index (χ0n) is 11.0. The lowest BCUT2D eigenvalue weighted by molar-refractivity contribution is 1.10. The van der Waals surface area contributed by atoms with Crippen molar-refractivity contribution in [1.82, 2.24) is 4.98 Å². The van der Waals surface area contributed by atoms with Gasteiger partial charge in [0.2, 0.25) is 0 Å². The summed E-state index contributed by atoms with van der Waals surface area (Å²) in [6.45, 7) is 3.58. The Morgan fingerprint density at radius 3 is 2.60 bits per heavy atom. The highest BCUT2D eigenvalue weighted by Crippen LogP contribution is 2.20. The summed E-state index contributed by atoms with van der Waals surface area (Å²) in [6.07, 6.45) is 0.277. The van der Waals surface area contributed by atoms with E-state index in [2.05, 4.69) is 4.98 Å². The van der Waals surface area contributed by atoms with Crippen molar-refractivity contribution >= 4 is 0 Å². The predicted octanol–water partition coefficient (Wildman–Crippen LogP) is 3.62. The van der Waals surface area contributed by atoms with Crippen LogP contribution in [0.2, 0.25) is 0 Å². The Balaban J connectivity index is 2.40. The van der Waals surface area contributed by atoms with E-state index < -0.39 is 6.37 Å². The molecule has 0 aliphatic rings. The van der Waals surface area contributed by atoms with E-state index in [1.54, 1.807) is 12.3 Å². The minimum absolute atomic E-state index is 0.606. The molecule has 1 aromatic carbocycles. The Hall–Kier alpha value is -1.63. The summed E-state index contributed by atoms with van der Waals surface area (Å²) >= 11 is 0. The minimum Gasteiger partial charge on any atom is -0.256 e. The molecule has 0 unspecified atom stereocenters. The molecule has 0 bridgehead atoms. The minimum atomic E-state index is -1.34. The fourth-order valence-corrected chi connectivity index (χ4v) is 1.56. The quantitative estimate of drug-likeness (QED) is 0.720. The van der Waals surface area contributed by atoms with Gasteiger partial charge < -0.3 is 0 Å². The molecule has 0 aliphatic heterocycles. The van der Waals surface area contributed by atoms with E-state index in [1.165, 1.54) is 12.5 Å². The number of pyridine rings is 1. The summed E-state index contributed by atoms with van der Waals surface area (Å²) in [5, 5.41) is 0. The second-order valence-electron chi connectivity index (χ2n) is 3.50. The van der Waals surface area contributed by atoms with Crippen molar-refractivity contribution in [3.8, 4) is 11.3 Å². The van der Waals surface area contributed by atoms with Gasteiger partial charge >= 0.3 is 0 Å². The van der Waals surface area contributed by atoms with Crippen LogP contribution in [0.15, 0.2) is 42.6 Å². The van der Waals surface area contributed by atoms with Gasteiger partial charge in [-0.25, -0.2) is 0 Å². The number of aryl methyl sites for hydroxylation is 2. The molecule has 15 heavy (non-hydrogen) atoms. The number of hydrogen-bond acceptors (Lipinski definition) is 1. The fourth-order valence-electron chi connectivity index (χ4n) is 1.56. The van der Waals surface area contributed by atoms with Gasteiger partial charge in [0.15, 0.2) is 0 Å². The smallest absolute Gasteiger partial charge is 0.0704 e. The third-order valence-corrected chi connectivity index (χ3v) is 2.47. The van der Waals surface area contributed by atoms with E-state index in [1.807, 2.05) is 37.3 Å².